The average molecular weight is 221 g/mol. The molecule has 15 heavy (non-hydrogen) atoms. The van der Waals surface area contributed by atoms with Crippen molar-refractivity contribution < 1.29 is 0 Å². The summed E-state index contributed by atoms with van der Waals surface area (Å²) in [5.41, 5.74) is 3.45. The maximum absolute atomic E-state index is 6.30. The molecule has 3 rings (SSSR count). The van der Waals surface area contributed by atoms with E-state index in [2.05, 4.69) is 24.3 Å². The molecule has 0 N–H and O–H groups in total. The van der Waals surface area contributed by atoms with Gasteiger partial charge in [-0.3, -0.25) is 0 Å². The number of hydrogen-bond acceptors (Lipinski definition) is 0. The Morgan fingerprint density at radius 1 is 1.27 bits per heavy atom. The molecule has 0 saturated heterocycles. The molecule has 0 unspecified atom stereocenters. The molecule has 1 fully saturated rings. The van der Waals surface area contributed by atoms with E-state index in [9.17, 15) is 0 Å². The third-order valence-electron chi connectivity index (χ3n) is 4.47. The predicted octanol–water partition coefficient (Wildman–Crippen LogP) is 3.91. The normalized spacial score (nSPS) is 33.5. The smallest absolute Gasteiger partial charge is 0.0323 e. The van der Waals surface area contributed by atoms with Gasteiger partial charge in [-0.2, -0.15) is 0 Å². The molecule has 0 radical (unpaired) electrons. The number of hydrogen-bond donors (Lipinski definition) is 0. The number of benzene rings is 1. The highest BCUT2D eigenvalue weighted by atomic mass is 35.5. The van der Waals surface area contributed by atoms with Gasteiger partial charge in [0.25, 0.3) is 0 Å². The molecule has 0 amide bonds. The van der Waals surface area contributed by atoms with Crippen LogP contribution in [0.5, 0.6) is 0 Å². The van der Waals surface area contributed by atoms with Crippen LogP contribution in [0.2, 0.25) is 0 Å². The van der Waals surface area contributed by atoms with Crippen LogP contribution in [-0.2, 0) is 11.8 Å². The number of fused-ring (bicyclic) bond motifs is 3. The first-order chi connectivity index (χ1) is 7.37. The Hall–Kier alpha value is -0.490. The van der Waals surface area contributed by atoms with Gasteiger partial charge in [0, 0.05) is 11.3 Å². The van der Waals surface area contributed by atoms with Crippen molar-refractivity contribution in [3.63, 3.8) is 0 Å². The predicted molar refractivity (Wildman–Crippen MR) is 64.5 cm³/mol. The van der Waals surface area contributed by atoms with Crippen LogP contribution in [0, 0.1) is 5.92 Å². The number of alkyl halides is 1. The van der Waals surface area contributed by atoms with Gasteiger partial charge in [-0.1, -0.05) is 37.1 Å². The number of rotatable bonds is 1. The van der Waals surface area contributed by atoms with E-state index in [4.69, 9.17) is 11.6 Å². The molecule has 0 heterocycles. The van der Waals surface area contributed by atoms with Crippen molar-refractivity contribution in [2.75, 3.05) is 5.88 Å². The topological polar surface area (TPSA) is 0 Å². The van der Waals surface area contributed by atoms with E-state index in [1.165, 1.54) is 32.1 Å². The molecule has 1 aromatic rings. The Bertz CT molecular complexity index is 371. The molecule has 1 saturated carbocycles. The quantitative estimate of drug-likeness (QED) is 0.630. The van der Waals surface area contributed by atoms with Crippen LogP contribution < -0.4 is 0 Å². The summed E-state index contributed by atoms with van der Waals surface area (Å²) in [4.78, 5) is 0. The van der Waals surface area contributed by atoms with Crippen molar-refractivity contribution in [1.82, 2.24) is 0 Å². The lowest BCUT2D eigenvalue weighted by Gasteiger charge is -2.38. The first-order valence-electron chi connectivity index (χ1n) is 6.01. The van der Waals surface area contributed by atoms with E-state index in [0.29, 0.717) is 5.41 Å². The van der Waals surface area contributed by atoms with Crippen LogP contribution >= 0.6 is 11.6 Å². The first kappa shape index (κ1) is 9.72. The van der Waals surface area contributed by atoms with Crippen LogP contribution in [0.1, 0.15) is 36.8 Å². The minimum atomic E-state index is 0.330. The zero-order chi connectivity index (χ0) is 10.3. The summed E-state index contributed by atoms with van der Waals surface area (Å²) < 4.78 is 0. The summed E-state index contributed by atoms with van der Waals surface area (Å²) in [5, 5.41) is 0. The van der Waals surface area contributed by atoms with Crippen LogP contribution in [-0.4, -0.2) is 5.88 Å². The highest BCUT2D eigenvalue weighted by Crippen LogP contribution is 2.51. The molecule has 2 atom stereocenters. The van der Waals surface area contributed by atoms with E-state index in [1.54, 1.807) is 11.1 Å². The maximum Gasteiger partial charge on any atom is 0.0323 e. The van der Waals surface area contributed by atoms with Gasteiger partial charge in [-0.25, -0.2) is 0 Å². The van der Waals surface area contributed by atoms with Crippen LogP contribution in [0.3, 0.4) is 0 Å². The van der Waals surface area contributed by atoms with Gasteiger partial charge in [-0.05, 0) is 36.3 Å². The lowest BCUT2D eigenvalue weighted by atomic mass is 9.67. The average Bonchev–Trinajstić information content (AvgIpc) is 2.64. The maximum atomic E-state index is 6.30. The highest BCUT2D eigenvalue weighted by molar-refractivity contribution is 6.18. The summed E-state index contributed by atoms with van der Waals surface area (Å²) in [6.07, 6.45) is 6.71. The van der Waals surface area contributed by atoms with Gasteiger partial charge in [0.1, 0.15) is 0 Å². The van der Waals surface area contributed by atoms with Crippen molar-refractivity contribution in [3.05, 3.63) is 35.4 Å². The highest BCUT2D eigenvalue weighted by Gasteiger charge is 2.46. The molecule has 1 aromatic carbocycles. The lowest BCUT2D eigenvalue weighted by Crippen LogP contribution is -2.36. The first-order valence-corrected chi connectivity index (χ1v) is 6.54. The van der Waals surface area contributed by atoms with E-state index >= 15 is 0 Å². The number of halogens is 1. The Morgan fingerprint density at radius 2 is 2.13 bits per heavy atom. The third kappa shape index (κ3) is 1.27. The van der Waals surface area contributed by atoms with E-state index in [0.717, 1.165) is 11.8 Å². The Morgan fingerprint density at radius 3 is 3.00 bits per heavy atom. The van der Waals surface area contributed by atoms with E-state index < -0.39 is 0 Å². The van der Waals surface area contributed by atoms with E-state index in [-0.39, 0.29) is 0 Å². The van der Waals surface area contributed by atoms with E-state index in [1.807, 2.05) is 0 Å². The standard InChI is InChI=1S/C14H17Cl/c15-10-14-8-4-3-6-12(14)9-11-5-1-2-7-13(11)14/h1-2,5,7,12H,3-4,6,8-10H2/t12-,14+/m0/s1. The zero-order valence-corrected chi connectivity index (χ0v) is 9.76. The molecule has 2 aliphatic carbocycles. The van der Waals surface area contributed by atoms with Gasteiger partial charge in [-0.15, -0.1) is 11.6 Å². The lowest BCUT2D eigenvalue weighted by molar-refractivity contribution is 0.229. The summed E-state index contributed by atoms with van der Waals surface area (Å²) >= 11 is 6.30. The summed E-state index contributed by atoms with van der Waals surface area (Å²) in [6, 6.07) is 8.94. The summed E-state index contributed by atoms with van der Waals surface area (Å²) in [7, 11) is 0. The molecule has 0 aromatic heterocycles. The van der Waals surface area contributed by atoms with Crippen molar-refractivity contribution >= 4 is 11.6 Å². The van der Waals surface area contributed by atoms with Crippen LogP contribution in [0.25, 0.3) is 0 Å². The summed E-state index contributed by atoms with van der Waals surface area (Å²) in [5.74, 6) is 1.63. The minimum absolute atomic E-state index is 0.330. The molecule has 0 aliphatic heterocycles. The molecular formula is C14H17Cl. The largest absolute Gasteiger partial charge is 0.126 e. The molecule has 0 nitrogen and oxygen atoms in total. The Labute approximate surface area is 96.6 Å². The van der Waals surface area contributed by atoms with Crippen LogP contribution in [0.15, 0.2) is 24.3 Å². The SMILES string of the molecule is ClC[C@]12CCCC[C@H]1Cc1ccccc12. The van der Waals surface area contributed by atoms with Crippen molar-refractivity contribution in [3.8, 4) is 0 Å². The van der Waals surface area contributed by atoms with Gasteiger partial charge in [0.2, 0.25) is 0 Å². The fraction of sp³-hybridized carbons (Fsp3) is 0.571. The molecule has 0 bridgehead atoms. The molecule has 0 spiro atoms. The second kappa shape index (κ2) is 3.52. The molecule has 80 valence electrons. The van der Waals surface area contributed by atoms with Crippen LogP contribution in [0.4, 0.5) is 0 Å². The second-order valence-corrected chi connectivity index (χ2v) is 5.36. The van der Waals surface area contributed by atoms with Gasteiger partial charge in [0.15, 0.2) is 0 Å². The summed E-state index contributed by atoms with van der Waals surface area (Å²) in [6.45, 7) is 0. The van der Waals surface area contributed by atoms with Crippen molar-refractivity contribution in [1.29, 1.82) is 0 Å². The zero-order valence-electron chi connectivity index (χ0n) is 9.01. The van der Waals surface area contributed by atoms with Gasteiger partial charge >= 0.3 is 0 Å². The second-order valence-electron chi connectivity index (χ2n) is 5.09. The molecule has 1 heteroatoms. The minimum Gasteiger partial charge on any atom is -0.126 e. The Balaban J connectivity index is 2.11. The van der Waals surface area contributed by atoms with Crippen molar-refractivity contribution in [2.45, 2.75) is 37.5 Å². The third-order valence-corrected chi connectivity index (χ3v) is 4.94. The molecular weight excluding hydrogens is 204 g/mol. The molecule has 2 aliphatic rings. The monoisotopic (exact) mass is 220 g/mol. The van der Waals surface area contributed by atoms with Gasteiger partial charge in [0.05, 0.1) is 0 Å². The fourth-order valence-corrected chi connectivity index (χ4v) is 4.16. The van der Waals surface area contributed by atoms with Crippen molar-refractivity contribution in [2.24, 2.45) is 5.92 Å². The fourth-order valence-electron chi connectivity index (χ4n) is 3.66. The Kier molecular flexibility index (Phi) is 2.28. The van der Waals surface area contributed by atoms with Gasteiger partial charge < -0.3 is 0 Å².